The first kappa shape index (κ1) is 10.5. The molecular weight excluding hydrogens is 186 g/mol. The Morgan fingerprint density at radius 2 is 2.15 bits per heavy atom. The van der Waals surface area contributed by atoms with Crippen molar-refractivity contribution in [3.63, 3.8) is 0 Å². The van der Waals surface area contributed by atoms with Crippen LogP contribution in [-0.4, -0.2) is 13.7 Å². The molecule has 2 N–H and O–H groups in total. The van der Waals surface area contributed by atoms with Gasteiger partial charge in [0.2, 0.25) is 0 Å². The molecule has 72 valence electrons. The first-order chi connectivity index (χ1) is 6.27. The molecule has 0 amide bonds. The van der Waals surface area contributed by atoms with Crippen LogP contribution in [-0.2, 0) is 17.8 Å². The van der Waals surface area contributed by atoms with Crippen LogP contribution in [0.25, 0.3) is 0 Å². The van der Waals surface area contributed by atoms with Crippen LogP contribution < -0.4 is 5.73 Å². The predicted octanol–water partition coefficient (Wildman–Crippen LogP) is 1.99. The van der Waals surface area contributed by atoms with E-state index in [1.807, 2.05) is 18.2 Å². The van der Waals surface area contributed by atoms with E-state index in [0.29, 0.717) is 13.2 Å². The Hall–Kier alpha value is -0.570. The average Bonchev–Trinajstić information content (AvgIpc) is 2.10. The van der Waals surface area contributed by atoms with Gasteiger partial charge in [0.25, 0.3) is 0 Å². The highest BCUT2D eigenvalue weighted by Crippen LogP contribution is 2.17. The van der Waals surface area contributed by atoms with Gasteiger partial charge >= 0.3 is 0 Å². The number of halogens is 1. The maximum atomic E-state index is 5.87. The maximum Gasteiger partial charge on any atom is 0.0715 e. The molecule has 0 atom stereocenters. The molecule has 0 spiro atoms. The van der Waals surface area contributed by atoms with Crippen molar-refractivity contribution < 1.29 is 4.74 Å². The lowest BCUT2D eigenvalue weighted by molar-refractivity contribution is 0.184. The third-order valence-electron chi connectivity index (χ3n) is 1.88. The third kappa shape index (κ3) is 2.99. The van der Waals surface area contributed by atoms with E-state index in [4.69, 9.17) is 22.1 Å². The second kappa shape index (κ2) is 5.22. The van der Waals surface area contributed by atoms with Crippen LogP contribution in [0.5, 0.6) is 0 Å². The quantitative estimate of drug-likeness (QED) is 0.805. The molecule has 0 aliphatic carbocycles. The highest BCUT2D eigenvalue weighted by atomic mass is 35.5. The van der Waals surface area contributed by atoms with Crippen molar-refractivity contribution >= 4 is 11.6 Å². The molecule has 2 nitrogen and oxygen atoms in total. The van der Waals surface area contributed by atoms with Crippen LogP contribution in [0.2, 0.25) is 5.02 Å². The monoisotopic (exact) mass is 199 g/mol. The van der Waals surface area contributed by atoms with E-state index in [1.54, 1.807) is 7.11 Å². The minimum absolute atomic E-state index is 0.618. The van der Waals surface area contributed by atoms with Crippen molar-refractivity contribution in [2.75, 3.05) is 13.7 Å². The zero-order chi connectivity index (χ0) is 9.68. The van der Waals surface area contributed by atoms with Gasteiger partial charge in [-0.05, 0) is 36.2 Å². The Labute approximate surface area is 83.6 Å². The molecule has 3 heteroatoms. The Kier molecular flexibility index (Phi) is 4.22. The molecule has 0 saturated heterocycles. The summed E-state index contributed by atoms with van der Waals surface area (Å²) in [4.78, 5) is 0. The summed E-state index contributed by atoms with van der Waals surface area (Å²) < 4.78 is 5.07. The summed E-state index contributed by atoms with van der Waals surface area (Å²) in [6.45, 7) is 1.25. The predicted molar refractivity (Wildman–Crippen MR) is 54.9 cm³/mol. The smallest absolute Gasteiger partial charge is 0.0715 e. The van der Waals surface area contributed by atoms with Crippen molar-refractivity contribution in [1.82, 2.24) is 0 Å². The van der Waals surface area contributed by atoms with Gasteiger partial charge in [0.05, 0.1) is 6.61 Å². The lowest BCUT2D eigenvalue weighted by atomic mass is 10.1. The van der Waals surface area contributed by atoms with Crippen molar-refractivity contribution in [1.29, 1.82) is 0 Å². The topological polar surface area (TPSA) is 35.2 Å². The van der Waals surface area contributed by atoms with Gasteiger partial charge in [-0.25, -0.2) is 0 Å². The molecule has 13 heavy (non-hydrogen) atoms. The molecule has 0 unspecified atom stereocenters. The second-order valence-electron chi connectivity index (χ2n) is 2.88. The van der Waals surface area contributed by atoms with Crippen LogP contribution >= 0.6 is 11.6 Å². The van der Waals surface area contributed by atoms with Crippen LogP contribution in [0.15, 0.2) is 18.2 Å². The van der Waals surface area contributed by atoms with E-state index in [0.717, 1.165) is 17.0 Å². The number of benzene rings is 1. The standard InChI is InChI=1S/C10H14ClNO/c1-13-7-9-2-3-10(11)6-8(9)4-5-12/h2-3,6H,4-5,7,12H2,1H3. The minimum atomic E-state index is 0.618. The van der Waals surface area contributed by atoms with Crippen LogP contribution in [0, 0.1) is 0 Å². The number of hydrogen-bond acceptors (Lipinski definition) is 2. The number of ether oxygens (including phenoxy) is 1. The highest BCUT2D eigenvalue weighted by Gasteiger charge is 2.01. The van der Waals surface area contributed by atoms with Crippen molar-refractivity contribution in [3.8, 4) is 0 Å². The number of nitrogens with two attached hydrogens (primary N) is 1. The SMILES string of the molecule is COCc1ccc(Cl)cc1CCN. The maximum absolute atomic E-state index is 5.87. The van der Waals surface area contributed by atoms with E-state index in [9.17, 15) is 0 Å². The summed E-state index contributed by atoms with van der Waals surface area (Å²) in [7, 11) is 1.68. The second-order valence-corrected chi connectivity index (χ2v) is 3.32. The molecule has 0 aromatic heterocycles. The molecule has 0 fully saturated rings. The number of methoxy groups -OCH3 is 1. The van der Waals surface area contributed by atoms with E-state index in [-0.39, 0.29) is 0 Å². The lowest BCUT2D eigenvalue weighted by Crippen LogP contribution is -2.05. The normalized spacial score (nSPS) is 10.4. The van der Waals surface area contributed by atoms with Gasteiger partial charge in [0.1, 0.15) is 0 Å². The van der Waals surface area contributed by atoms with Crippen LogP contribution in [0.1, 0.15) is 11.1 Å². The fraction of sp³-hybridized carbons (Fsp3) is 0.400. The summed E-state index contributed by atoms with van der Waals surface area (Å²) in [5.74, 6) is 0. The molecule has 0 bridgehead atoms. The molecule has 1 rings (SSSR count). The molecule has 1 aromatic rings. The first-order valence-electron chi connectivity index (χ1n) is 4.24. The van der Waals surface area contributed by atoms with E-state index < -0.39 is 0 Å². The van der Waals surface area contributed by atoms with Crippen molar-refractivity contribution in [3.05, 3.63) is 34.3 Å². The molecule has 0 saturated carbocycles. The summed E-state index contributed by atoms with van der Waals surface area (Å²) in [6.07, 6.45) is 0.846. The van der Waals surface area contributed by atoms with Gasteiger partial charge in [0, 0.05) is 12.1 Å². The van der Waals surface area contributed by atoms with Gasteiger partial charge in [-0.2, -0.15) is 0 Å². The Bertz CT molecular complexity index is 276. The molecule has 0 aliphatic heterocycles. The molecule has 1 aromatic carbocycles. The van der Waals surface area contributed by atoms with Crippen molar-refractivity contribution in [2.24, 2.45) is 5.73 Å². The Morgan fingerprint density at radius 3 is 2.77 bits per heavy atom. The van der Waals surface area contributed by atoms with E-state index in [1.165, 1.54) is 5.56 Å². The number of hydrogen-bond donors (Lipinski definition) is 1. The molecule has 0 heterocycles. The minimum Gasteiger partial charge on any atom is -0.380 e. The van der Waals surface area contributed by atoms with Crippen molar-refractivity contribution in [2.45, 2.75) is 13.0 Å². The summed E-state index contributed by atoms with van der Waals surface area (Å²) >= 11 is 5.87. The van der Waals surface area contributed by atoms with Gasteiger partial charge in [-0.3, -0.25) is 0 Å². The zero-order valence-corrected chi connectivity index (χ0v) is 8.47. The Balaban J connectivity index is 2.89. The average molecular weight is 200 g/mol. The summed E-state index contributed by atoms with van der Waals surface area (Å²) in [5, 5.41) is 0.753. The fourth-order valence-corrected chi connectivity index (χ4v) is 1.47. The van der Waals surface area contributed by atoms with Gasteiger partial charge in [0.15, 0.2) is 0 Å². The zero-order valence-electron chi connectivity index (χ0n) is 7.72. The Morgan fingerprint density at radius 1 is 1.38 bits per heavy atom. The fourth-order valence-electron chi connectivity index (χ4n) is 1.28. The van der Waals surface area contributed by atoms with E-state index in [2.05, 4.69) is 0 Å². The first-order valence-corrected chi connectivity index (χ1v) is 4.62. The summed E-state index contributed by atoms with van der Waals surface area (Å²) in [6, 6.07) is 5.80. The molecule has 0 aliphatic rings. The number of rotatable bonds is 4. The van der Waals surface area contributed by atoms with Crippen LogP contribution in [0.4, 0.5) is 0 Å². The third-order valence-corrected chi connectivity index (χ3v) is 2.12. The van der Waals surface area contributed by atoms with E-state index >= 15 is 0 Å². The molecule has 0 radical (unpaired) electrons. The van der Waals surface area contributed by atoms with Gasteiger partial charge < -0.3 is 10.5 Å². The summed E-state index contributed by atoms with van der Waals surface area (Å²) in [5.41, 5.74) is 7.83. The van der Waals surface area contributed by atoms with Gasteiger partial charge in [-0.1, -0.05) is 17.7 Å². The van der Waals surface area contributed by atoms with Gasteiger partial charge in [-0.15, -0.1) is 0 Å². The largest absolute Gasteiger partial charge is 0.380 e. The molecular formula is C10H14ClNO. The van der Waals surface area contributed by atoms with Crippen LogP contribution in [0.3, 0.4) is 0 Å². The highest BCUT2D eigenvalue weighted by molar-refractivity contribution is 6.30. The lowest BCUT2D eigenvalue weighted by Gasteiger charge is -2.07.